The molecule has 3 aromatic rings. The van der Waals surface area contributed by atoms with Crippen LogP contribution in [-0.4, -0.2) is 17.3 Å². The molecule has 0 aliphatic heterocycles. The Morgan fingerprint density at radius 1 is 1.11 bits per heavy atom. The molecule has 1 aromatic heterocycles. The lowest BCUT2D eigenvalue weighted by Gasteiger charge is -2.06. The van der Waals surface area contributed by atoms with E-state index < -0.39 is 17.7 Å². The van der Waals surface area contributed by atoms with E-state index in [1.165, 1.54) is 30.5 Å². The van der Waals surface area contributed by atoms with Crippen LogP contribution in [0.4, 0.5) is 18.9 Å². The van der Waals surface area contributed by atoms with Crippen LogP contribution in [0.15, 0.2) is 64.1 Å². The number of nitrogens with zero attached hydrogens (tertiary/aromatic N) is 1. The number of rotatable bonds is 5. The number of anilines is 1. The number of carboxylic acid groups (broad SMARTS) is 1. The number of halogens is 4. The van der Waals surface area contributed by atoms with Crippen LogP contribution in [0.25, 0.3) is 11.3 Å². The Bertz CT molecular complexity index is 1030. The van der Waals surface area contributed by atoms with Crippen molar-refractivity contribution in [2.24, 2.45) is 5.10 Å². The SMILES string of the molecule is O=C(O)c1ccc(-c2ccc(/C=N/Nc3ccc(C(F)(F)F)cc3)o2)cc1Cl. The topological polar surface area (TPSA) is 74.8 Å². The zero-order valence-corrected chi connectivity index (χ0v) is 14.8. The number of alkyl halides is 3. The molecule has 28 heavy (non-hydrogen) atoms. The van der Waals surface area contributed by atoms with Gasteiger partial charge in [-0.25, -0.2) is 4.79 Å². The monoisotopic (exact) mass is 408 g/mol. The molecule has 0 amide bonds. The van der Waals surface area contributed by atoms with Gasteiger partial charge in [-0.15, -0.1) is 0 Å². The molecule has 3 rings (SSSR count). The maximum atomic E-state index is 12.5. The Morgan fingerprint density at radius 3 is 2.43 bits per heavy atom. The minimum atomic E-state index is -4.39. The predicted octanol–water partition coefficient (Wildman–Crippen LogP) is 5.76. The molecule has 2 aromatic carbocycles. The lowest BCUT2D eigenvalue weighted by molar-refractivity contribution is -0.137. The number of hydrazone groups is 1. The number of furan rings is 1. The maximum Gasteiger partial charge on any atom is 0.416 e. The molecular weight excluding hydrogens is 397 g/mol. The van der Waals surface area contributed by atoms with Crippen molar-refractivity contribution in [2.75, 3.05) is 5.43 Å². The number of nitrogens with one attached hydrogen (secondary N) is 1. The van der Waals surface area contributed by atoms with Crippen molar-refractivity contribution in [1.29, 1.82) is 0 Å². The normalized spacial score (nSPS) is 11.7. The molecule has 0 radical (unpaired) electrons. The summed E-state index contributed by atoms with van der Waals surface area (Å²) in [6.07, 6.45) is -3.04. The third-order valence-electron chi connectivity index (χ3n) is 3.71. The molecule has 9 heteroatoms. The number of hydrogen-bond donors (Lipinski definition) is 2. The van der Waals surface area contributed by atoms with Gasteiger partial charge in [-0.1, -0.05) is 17.7 Å². The van der Waals surface area contributed by atoms with E-state index >= 15 is 0 Å². The van der Waals surface area contributed by atoms with Crippen LogP contribution in [-0.2, 0) is 6.18 Å². The summed E-state index contributed by atoms with van der Waals surface area (Å²) in [4.78, 5) is 11.0. The summed E-state index contributed by atoms with van der Waals surface area (Å²) in [7, 11) is 0. The van der Waals surface area contributed by atoms with E-state index in [1.807, 2.05) is 0 Å². The molecule has 0 fully saturated rings. The summed E-state index contributed by atoms with van der Waals surface area (Å²) in [6.45, 7) is 0. The molecule has 0 aliphatic carbocycles. The Morgan fingerprint density at radius 2 is 1.82 bits per heavy atom. The highest BCUT2D eigenvalue weighted by molar-refractivity contribution is 6.33. The first-order chi connectivity index (χ1) is 13.2. The molecule has 144 valence electrons. The lowest BCUT2D eigenvalue weighted by atomic mass is 10.1. The number of carboxylic acids is 1. The number of hydrogen-bond acceptors (Lipinski definition) is 4. The van der Waals surface area contributed by atoms with Gasteiger partial charge in [0.2, 0.25) is 0 Å². The van der Waals surface area contributed by atoms with Crippen LogP contribution in [0.1, 0.15) is 21.7 Å². The third-order valence-corrected chi connectivity index (χ3v) is 4.02. The van der Waals surface area contributed by atoms with Gasteiger partial charge in [0.25, 0.3) is 0 Å². The van der Waals surface area contributed by atoms with E-state index in [0.717, 1.165) is 12.1 Å². The first-order valence-electron chi connectivity index (χ1n) is 7.83. The first-order valence-corrected chi connectivity index (χ1v) is 8.21. The Labute approximate surface area is 162 Å². The number of benzene rings is 2. The third kappa shape index (κ3) is 4.52. The zero-order chi connectivity index (χ0) is 20.3. The molecule has 0 aliphatic rings. The molecule has 0 saturated carbocycles. The minimum absolute atomic E-state index is 0.0144. The molecule has 0 spiro atoms. The summed E-state index contributed by atoms with van der Waals surface area (Å²) in [6, 6.07) is 12.1. The summed E-state index contributed by atoms with van der Waals surface area (Å²) >= 11 is 5.94. The summed E-state index contributed by atoms with van der Waals surface area (Å²) in [5.41, 5.74) is 2.82. The fourth-order valence-corrected chi connectivity index (χ4v) is 2.58. The van der Waals surface area contributed by atoms with Gasteiger partial charge in [0.1, 0.15) is 11.5 Å². The van der Waals surface area contributed by atoms with E-state index in [1.54, 1.807) is 18.2 Å². The van der Waals surface area contributed by atoms with Crippen LogP contribution in [0.2, 0.25) is 5.02 Å². The lowest BCUT2D eigenvalue weighted by Crippen LogP contribution is -2.04. The van der Waals surface area contributed by atoms with Crippen molar-refractivity contribution < 1.29 is 27.5 Å². The fraction of sp³-hybridized carbons (Fsp3) is 0.0526. The van der Waals surface area contributed by atoms with Gasteiger partial charge < -0.3 is 9.52 Å². The van der Waals surface area contributed by atoms with Crippen molar-refractivity contribution in [1.82, 2.24) is 0 Å². The van der Waals surface area contributed by atoms with Crippen molar-refractivity contribution in [3.8, 4) is 11.3 Å². The van der Waals surface area contributed by atoms with Crippen LogP contribution in [0.3, 0.4) is 0 Å². The smallest absolute Gasteiger partial charge is 0.416 e. The van der Waals surface area contributed by atoms with Gasteiger partial charge in [0, 0.05) is 5.56 Å². The summed E-state index contributed by atoms with van der Waals surface area (Å²) in [5.74, 6) is -0.291. The Kier molecular flexibility index (Phi) is 5.41. The van der Waals surface area contributed by atoms with E-state index in [2.05, 4.69) is 10.5 Å². The van der Waals surface area contributed by atoms with Crippen molar-refractivity contribution in [2.45, 2.75) is 6.18 Å². The van der Waals surface area contributed by atoms with Gasteiger partial charge in [0.05, 0.1) is 28.1 Å². The van der Waals surface area contributed by atoms with Crippen LogP contribution >= 0.6 is 11.6 Å². The standard InChI is InChI=1S/C19H12ClF3N2O3/c20-16-9-11(1-7-15(16)18(26)27)17-8-6-14(28-17)10-24-25-13-4-2-12(3-5-13)19(21,22)23/h1-10,25H,(H,26,27)/b24-10+. The van der Waals surface area contributed by atoms with E-state index in [-0.39, 0.29) is 10.6 Å². The Balaban J connectivity index is 1.67. The van der Waals surface area contributed by atoms with Crippen LogP contribution in [0.5, 0.6) is 0 Å². The summed E-state index contributed by atoms with van der Waals surface area (Å²) < 4.78 is 43.1. The molecule has 2 N–H and O–H groups in total. The largest absolute Gasteiger partial charge is 0.478 e. The van der Waals surface area contributed by atoms with Crippen LogP contribution < -0.4 is 5.43 Å². The van der Waals surface area contributed by atoms with E-state index in [4.69, 9.17) is 21.1 Å². The highest BCUT2D eigenvalue weighted by Gasteiger charge is 2.29. The number of carbonyl (C=O) groups is 1. The summed E-state index contributed by atoms with van der Waals surface area (Å²) in [5, 5.41) is 13.0. The van der Waals surface area contributed by atoms with E-state index in [9.17, 15) is 18.0 Å². The predicted molar refractivity (Wildman–Crippen MR) is 98.8 cm³/mol. The van der Waals surface area contributed by atoms with Crippen LogP contribution in [0, 0.1) is 0 Å². The second-order valence-electron chi connectivity index (χ2n) is 5.65. The zero-order valence-electron chi connectivity index (χ0n) is 14.0. The van der Waals surface area contributed by atoms with Crippen molar-refractivity contribution >= 4 is 29.5 Å². The average Bonchev–Trinajstić information content (AvgIpc) is 3.10. The van der Waals surface area contributed by atoms with Gasteiger partial charge in [0.15, 0.2) is 0 Å². The minimum Gasteiger partial charge on any atom is -0.478 e. The van der Waals surface area contributed by atoms with Gasteiger partial charge >= 0.3 is 12.1 Å². The molecule has 0 unspecified atom stereocenters. The quantitative estimate of drug-likeness (QED) is 0.415. The second kappa shape index (κ2) is 7.77. The molecule has 0 saturated heterocycles. The molecule has 0 atom stereocenters. The number of aromatic carboxylic acids is 1. The van der Waals surface area contributed by atoms with Gasteiger partial charge in [-0.2, -0.15) is 18.3 Å². The molecule has 5 nitrogen and oxygen atoms in total. The highest BCUT2D eigenvalue weighted by Crippen LogP contribution is 2.30. The van der Waals surface area contributed by atoms with E-state index in [0.29, 0.717) is 22.8 Å². The fourth-order valence-electron chi connectivity index (χ4n) is 2.32. The molecular formula is C19H12ClF3N2O3. The maximum absolute atomic E-state index is 12.5. The molecule has 1 heterocycles. The van der Waals surface area contributed by atoms with Gasteiger partial charge in [-0.05, 0) is 48.5 Å². The highest BCUT2D eigenvalue weighted by atomic mass is 35.5. The Hall–Kier alpha value is -3.26. The average molecular weight is 409 g/mol. The van der Waals surface area contributed by atoms with Crippen molar-refractivity contribution in [3.63, 3.8) is 0 Å². The van der Waals surface area contributed by atoms with Gasteiger partial charge in [-0.3, -0.25) is 5.43 Å². The first kappa shape index (κ1) is 19.5. The molecule has 0 bridgehead atoms. The van der Waals surface area contributed by atoms with Crippen molar-refractivity contribution in [3.05, 3.63) is 76.5 Å². The second-order valence-corrected chi connectivity index (χ2v) is 6.05.